The molecule has 3 rings (SSSR count). The molecular weight excluding hydrogens is 375 g/mol. The Morgan fingerprint density at radius 1 is 1.42 bits per heavy atom. The molecule has 24 heavy (non-hydrogen) atoms. The van der Waals surface area contributed by atoms with Gasteiger partial charge in [0.2, 0.25) is 10.0 Å². The van der Waals surface area contributed by atoms with Gasteiger partial charge < -0.3 is 4.74 Å². The smallest absolute Gasteiger partial charge is 0.242 e. The van der Waals surface area contributed by atoms with E-state index in [0.29, 0.717) is 24.6 Å². The number of aryl methyl sites for hydroxylation is 1. The van der Waals surface area contributed by atoms with E-state index in [1.807, 2.05) is 0 Å². The van der Waals surface area contributed by atoms with Crippen LogP contribution in [0.2, 0.25) is 10.0 Å². The Bertz CT molecular complexity index is 854. The van der Waals surface area contributed by atoms with Crippen LogP contribution in [0.25, 0.3) is 0 Å². The molecule has 7 nitrogen and oxygen atoms in total. The number of ether oxygens (including phenoxy) is 1. The van der Waals surface area contributed by atoms with E-state index in [1.165, 1.54) is 12.1 Å². The predicted molar refractivity (Wildman–Crippen MR) is 89.5 cm³/mol. The summed E-state index contributed by atoms with van der Waals surface area (Å²) in [5.74, 6) is 1.11. The lowest BCUT2D eigenvalue weighted by molar-refractivity contribution is 0.177. The van der Waals surface area contributed by atoms with Gasteiger partial charge in [-0.1, -0.05) is 29.3 Å². The van der Waals surface area contributed by atoms with Gasteiger partial charge in [0.1, 0.15) is 17.3 Å². The average molecular weight is 391 g/mol. The highest BCUT2D eigenvalue weighted by molar-refractivity contribution is 7.89. The van der Waals surface area contributed by atoms with E-state index in [9.17, 15) is 8.42 Å². The van der Waals surface area contributed by atoms with Crippen LogP contribution in [0, 0.1) is 0 Å². The minimum atomic E-state index is -3.84. The predicted octanol–water partition coefficient (Wildman–Crippen LogP) is 2.54. The minimum Gasteiger partial charge on any atom is -0.377 e. The van der Waals surface area contributed by atoms with Crippen molar-refractivity contribution in [1.82, 2.24) is 19.5 Å². The topological polar surface area (TPSA) is 86.1 Å². The largest absolute Gasteiger partial charge is 0.377 e. The number of fused-ring (bicyclic) bond motifs is 1. The second-order valence-corrected chi connectivity index (χ2v) is 7.88. The summed E-state index contributed by atoms with van der Waals surface area (Å²) in [6, 6.07) is 4.03. The first-order chi connectivity index (χ1) is 11.4. The van der Waals surface area contributed by atoms with Crippen LogP contribution in [0.1, 0.15) is 30.5 Å². The number of halogens is 2. The van der Waals surface area contributed by atoms with Crippen molar-refractivity contribution in [3.05, 3.63) is 39.9 Å². The molecule has 2 heterocycles. The zero-order valence-corrected chi connectivity index (χ0v) is 15.2. The van der Waals surface area contributed by atoms with Crippen LogP contribution in [-0.2, 0) is 27.9 Å². The van der Waals surface area contributed by atoms with Crippen molar-refractivity contribution < 1.29 is 13.2 Å². The summed E-state index contributed by atoms with van der Waals surface area (Å²) in [6.45, 7) is 0.974. The molecule has 1 atom stereocenters. The van der Waals surface area contributed by atoms with Crippen molar-refractivity contribution in [3.8, 4) is 0 Å². The number of aromatic nitrogens is 3. The van der Waals surface area contributed by atoms with Crippen LogP contribution < -0.4 is 4.72 Å². The molecule has 1 aliphatic rings. The van der Waals surface area contributed by atoms with Crippen molar-refractivity contribution in [1.29, 1.82) is 0 Å². The van der Waals surface area contributed by atoms with Gasteiger partial charge in [-0.15, -0.1) is 0 Å². The molecule has 0 spiro atoms. The summed E-state index contributed by atoms with van der Waals surface area (Å²) >= 11 is 12.0. The molecule has 0 radical (unpaired) electrons. The van der Waals surface area contributed by atoms with Crippen LogP contribution in [0.3, 0.4) is 0 Å². The van der Waals surface area contributed by atoms with E-state index in [4.69, 9.17) is 27.9 Å². The summed E-state index contributed by atoms with van der Waals surface area (Å²) in [5, 5.41) is 4.52. The van der Waals surface area contributed by atoms with E-state index in [2.05, 4.69) is 14.8 Å². The molecule has 0 amide bonds. The molecule has 0 fully saturated rings. The Hall–Kier alpha value is -1.19. The Kier molecular flexibility index (Phi) is 5.12. The van der Waals surface area contributed by atoms with E-state index in [1.54, 1.807) is 17.9 Å². The van der Waals surface area contributed by atoms with Crippen LogP contribution in [-0.4, -0.2) is 30.3 Å². The van der Waals surface area contributed by atoms with Gasteiger partial charge in [0.25, 0.3) is 0 Å². The maximum Gasteiger partial charge on any atom is 0.242 e. The quantitative estimate of drug-likeness (QED) is 0.847. The Morgan fingerprint density at radius 2 is 2.21 bits per heavy atom. The minimum absolute atomic E-state index is 0.00372. The molecule has 0 aliphatic carbocycles. The third-order valence-corrected chi connectivity index (χ3v) is 6.14. The number of methoxy groups -OCH3 is 1. The molecule has 2 aromatic rings. The first kappa shape index (κ1) is 17.6. The van der Waals surface area contributed by atoms with Crippen molar-refractivity contribution >= 4 is 33.2 Å². The fourth-order valence-corrected chi connectivity index (χ4v) is 4.63. The zero-order chi connectivity index (χ0) is 17.3. The molecule has 1 N–H and O–H groups in total. The SMILES string of the molecule is COCc1nc2n(n1)CCC[C@H]2NS(=O)(=O)c1cccc(Cl)c1Cl. The van der Waals surface area contributed by atoms with Crippen molar-refractivity contribution in [2.75, 3.05) is 7.11 Å². The average Bonchev–Trinajstić information content (AvgIpc) is 2.93. The zero-order valence-electron chi connectivity index (χ0n) is 12.9. The van der Waals surface area contributed by atoms with Crippen LogP contribution in [0.5, 0.6) is 0 Å². The van der Waals surface area contributed by atoms with E-state index < -0.39 is 16.1 Å². The van der Waals surface area contributed by atoms with Gasteiger partial charge in [-0.3, -0.25) is 0 Å². The van der Waals surface area contributed by atoms with Gasteiger partial charge in [-0.25, -0.2) is 22.8 Å². The number of rotatable bonds is 5. The lowest BCUT2D eigenvalue weighted by atomic mass is 10.1. The number of hydrogen-bond donors (Lipinski definition) is 1. The highest BCUT2D eigenvalue weighted by atomic mass is 35.5. The van der Waals surface area contributed by atoms with Gasteiger partial charge in [0.05, 0.1) is 16.1 Å². The van der Waals surface area contributed by atoms with E-state index >= 15 is 0 Å². The number of nitrogens with zero attached hydrogens (tertiary/aromatic N) is 3. The molecule has 1 aromatic carbocycles. The highest BCUT2D eigenvalue weighted by Crippen LogP contribution is 2.31. The molecule has 0 saturated carbocycles. The monoisotopic (exact) mass is 390 g/mol. The highest BCUT2D eigenvalue weighted by Gasteiger charge is 2.30. The Balaban J connectivity index is 1.90. The molecule has 1 aromatic heterocycles. The number of hydrogen-bond acceptors (Lipinski definition) is 5. The third-order valence-electron chi connectivity index (χ3n) is 3.70. The summed E-state index contributed by atoms with van der Waals surface area (Å²) in [4.78, 5) is 4.33. The van der Waals surface area contributed by atoms with Gasteiger partial charge in [0.15, 0.2) is 5.82 Å². The fraction of sp³-hybridized carbons (Fsp3) is 0.429. The standard InChI is InChI=1S/C14H16Cl2N4O3S/c1-23-8-12-17-14-10(5-3-7-20(14)18-12)19-24(21,22)11-6-2-4-9(15)13(11)16/h2,4,6,10,19H,3,5,7-8H2,1H3/t10-/m1/s1. The third kappa shape index (κ3) is 3.43. The Labute approximate surface area is 150 Å². The lowest BCUT2D eigenvalue weighted by Crippen LogP contribution is -2.33. The van der Waals surface area contributed by atoms with Crippen LogP contribution in [0.4, 0.5) is 0 Å². The lowest BCUT2D eigenvalue weighted by Gasteiger charge is -2.23. The molecule has 10 heteroatoms. The molecule has 0 bridgehead atoms. The maximum absolute atomic E-state index is 12.7. The van der Waals surface area contributed by atoms with Gasteiger partial charge in [-0.05, 0) is 25.0 Å². The summed E-state index contributed by atoms with van der Waals surface area (Å²) in [7, 11) is -2.28. The summed E-state index contributed by atoms with van der Waals surface area (Å²) < 4.78 is 34.8. The second kappa shape index (κ2) is 6.97. The first-order valence-electron chi connectivity index (χ1n) is 7.31. The molecule has 130 valence electrons. The molecule has 1 aliphatic heterocycles. The Morgan fingerprint density at radius 3 is 2.96 bits per heavy atom. The molecular formula is C14H16Cl2N4O3S. The van der Waals surface area contributed by atoms with Crippen molar-refractivity contribution in [2.24, 2.45) is 0 Å². The van der Waals surface area contributed by atoms with E-state index in [-0.39, 0.29) is 21.5 Å². The second-order valence-electron chi connectivity index (χ2n) is 5.41. The van der Waals surface area contributed by atoms with E-state index in [0.717, 1.165) is 6.42 Å². The molecule has 0 saturated heterocycles. The normalized spacial score (nSPS) is 17.7. The molecule has 0 unspecified atom stereocenters. The van der Waals surface area contributed by atoms with Crippen LogP contribution in [0.15, 0.2) is 23.1 Å². The van der Waals surface area contributed by atoms with Crippen molar-refractivity contribution in [2.45, 2.75) is 36.9 Å². The van der Waals surface area contributed by atoms with Gasteiger partial charge >= 0.3 is 0 Å². The fourth-order valence-electron chi connectivity index (χ4n) is 2.64. The first-order valence-corrected chi connectivity index (χ1v) is 9.55. The van der Waals surface area contributed by atoms with Gasteiger partial charge in [-0.2, -0.15) is 5.10 Å². The maximum atomic E-state index is 12.7. The number of nitrogens with one attached hydrogen (secondary N) is 1. The van der Waals surface area contributed by atoms with Crippen molar-refractivity contribution in [3.63, 3.8) is 0 Å². The van der Waals surface area contributed by atoms with Gasteiger partial charge in [0, 0.05) is 13.7 Å². The number of sulfonamides is 1. The van der Waals surface area contributed by atoms with Crippen LogP contribution >= 0.6 is 23.2 Å². The summed E-state index contributed by atoms with van der Waals surface area (Å²) in [5.41, 5.74) is 0. The summed E-state index contributed by atoms with van der Waals surface area (Å²) in [6.07, 6.45) is 1.42. The number of benzene rings is 1.